The summed E-state index contributed by atoms with van der Waals surface area (Å²) >= 11 is 1.34. The van der Waals surface area contributed by atoms with E-state index in [1.54, 1.807) is 25.1 Å². The topological polar surface area (TPSA) is 42.0 Å². The van der Waals surface area contributed by atoms with Gasteiger partial charge < -0.3 is 5.32 Å². The molecule has 0 radical (unpaired) electrons. The molecule has 0 bridgehead atoms. The number of aryl methyl sites for hydroxylation is 1. The third-order valence-electron chi connectivity index (χ3n) is 3.42. The van der Waals surface area contributed by atoms with E-state index in [1.165, 1.54) is 17.4 Å². The normalized spacial score (nSPS) is 10.5. The first-order valence-electron chi connectivity index (χ1n) is 7.19. The van der Waals surface area contributed by atoms with Crippen LogP contribution in [0.5, 0.6) is 0 Å². The van der Waals surface area contributed by atoms with Crippen molar-refractivity contribution >= 4 is 17.2 Å². The fourth-order valence-electron chi connectivity index (χ4n) is 2.21. The molecule has 0 saturated heterocycles. The zero-order chi connectivity index (χ0) is 16.2. The molecule has 1 N–H and O–H groups in total. The molecule has 0 aliphatic carbocycles. The van der Waals surface area contributed by atoms with Gasteiger partial charge in [-0.1, -0.05) is 48.5 Å². The van der Waals surface area contributed by atoms with Gasteiger partial charge in [-0.25, -0.2) is 9.37 Å². The Bertz CT molecular complexity index is 830. The minimum atomic E-state index is -0.321. The summed E-state index contributed by atoms with van der Waals surface area (Å²) in [5, 5.41) is 3.56. The Morgan fingerprint density at radius 1 is 1.13 bits per heavy atom. The second-order valence-electron chi connectivity index (χ2n) is 5.07. The maximum Gasteiger partial charge on any atom is 0.263 e. The summed E-state index contributed by atoms with van der Waals surface area (Å²) in [6.07, 6.45) is 0. The van der Waals surface area contributed by atoms with Crippen molar-refractivity contribution in [1.29, 1.82) is 0 Å². The van der Waals surface area contributed by atoms with Crippen molar-refractivity contribution < 1.29 is 9.18 Å². The van der Waals surface area contributed by atoms with E-state index in [9.17, 15) is 9.18 Å². The predicted molar refractivity (Wildman–Crippen MR) is 89.9 cm³/mol. The molecule has 0 fully saturated rings. The van der Waals surface area contributed by atoms with Crippen LogP contribution in [-0.4, -0.2) is 10.9 Å². The van der Waals surface area contributed by atoms with Crippen LogP contribution in [0, 0.1) is 12.7 Å². The maximum absolute atomic E-state index is 13.6. The number of aromatic nitrogens is 1. The van der Waals surface area contributed by atoms with E-state index < -0.39 is 0 Å². The van der Waals surface area contributed by atoms with E-state index in [2.05, 4.69) is 10.3 Å². The second-order valence-corrected chi connectivity index (χ2v) is 6.07. The van der Waals surface area contributed by atoms with Crippen molar-refractivity contribution in [2.75, 3.05) is 0 Å². The van der Waals surface area contributed by atoms with Crippen molar-refractivity contribution in [3.05, 3.63) is 76.5 Å². The van der Waals surface area contributed by atoms with Crippen LogP contribution in [0.4, 0.5) is 4.39 Å². The molecule has 0 atom stereocenters. The van der Waals surface area contributed by atoms with E-state index in [-0.39, 0.29) is 18.3 Å². The van der Waals surface area contributed by atoms with Crippen molar-refractivity contribution in [3.8, 4) is 10.6 Å². The van der Waals surface area contributed by atoms with Gasteiger partial charge in [-0.3, -0.25) is 4.79 Å². The van der Waals surface area contributed by atoms with Gasteiger partial charge in [-0.05, 0) is 13.0 Å². The highest BCUT2D eigenvalue weighted by Crippen LogP contribution is 2.27. The molecule has 0 aliphatic rings. The highest BCUT2D eigenvalue weighted by Gasteiger charge is 2.16. The van der Waals surface area contributed by atoms with Gasteiger partial charge in [0.2, 0.25) is 0 Å². The number of thiazole rings is 1. The van der Waals surface area contributed by atoms with Gasteiger partial charge in [0.1, 0.15) is 15.7 Å². The summed E-state index contributed by atoms with van der Waals surface area (Å²) in [4.78, 5) is 17.3. The quantitative estimate of drug-likeness (QED) is 0.781. The summed E-state index contributed by atoms with van der Waals surface area (Å²) in [6.45, 7) is 1.96. The van der Waals surface area contributed by atoms with E-state index in [0.717, 1.165) is 10.6 Å². The fraction of sp³-hybridized carbons (Fsp3) is 0.111. The summed E-state index contributed by atoms with van der Waals surface area (Å²) in [5.41, 5.74) is 2.12. The lowest BCUT2D eigenvalue weighted by molar-refractivity contribution is 0.0954. The largest absolute Gasteiger partial charge is 0.347 e. The van der Waals surface area contributed by atoms with Crippen molar-refractivity contribution in [1.82, 2.24) is 10.3 Å². The van der Waals surface area contributed by atoms with Crippen LogP contribution in [0.3, 0.4) is 0 Å². The highest BCUT2D eigenvalue weighted by molar-refractivity contribution is 7.17. The van der Waals surface area contributed by atoms with E-state index in [4.69, 9.17) is 0 Å². The molecule has 1 heterocycles. The third kappa shape index (κ3) is 3.46. The first-order chi connectivity index (χ1) is 11.1. The van der Waals surface area contributed by atoms with Crippen LogP contribution in [0.25, 0.3) is 10.6 Å². The van der Waals surface area contributed by atoms with Crippen LogP contribution in [-0.2, 0) is 6.54 Å². The third-order valence-corrected chi connectivity index (χ3v) is 4.63. The lowest BCUT2D eigenvalue weighted by Crippen LogP contribution is -2.23. The van der Waals surface area contributed by atoms with Crippen LogP contribution in [0.2, 0.25) is 0 Å². The molecule has 3 aromatic rings. The molecular formula is C18H15FN2OS. The van der Waals surface area contributed by atoms with Crippen molar-refractivity contribution in [3.63, 3.8) is 0 Å². The number of carbonyl (C=O) groups excluding carboxylic acids is 1. The van der Waals surface area contributed by atoms with Crippen LogP contribution >= 0.6 is 11.3 Å². The maximum atomic E-state index is 13.6. The molecule has 5 heteroatoms. The molecule has 1 amide bonds. The Kier molecular flexibility index (Phi) is 4.48. The van der Waals surface area contributed by atoms with Gasteiger partial charge in [-0.15, -0.1) is 11.3 Å². The first kappa shape index (κ1) is 15.4. The number of hydrogen-bond donors (Lipinski definition) is 1. The molecule has 3 rings (SSSR count). The average Bonchev–Trinajstić information content (AvgIpc) is 2.97. The lowest BCUT2D eigenvalue weighted by atomic mass is 10.2. The Balaban J connectivity index is 1.75. The lowest BCUT2D eigenvalue weighted by Gasteiger charge is -2.05. The van der Waals surface area contributed by atoms with Gasteiger partial charge in [0.25, 0.3) is 5.91 Å². The fourth-order valence-corrected chi connectivity index (χ4v) is 3.20. The monoisotopic (exact) mass is 326 g/mol. The van der Waals surface area contributed by atoms with E-state index >= 15 is 0 Å². The van der Waals surface area contributed by atoms with Gasteiger partial charge in [0, 0.05) is 17.7 Å². The smallest absolute Gasteiger partial charge is 0.263 e. The Morgan fingerprint density at radius 2 is 1.83 bits per heavy atom. The van der Waals surface area contributed by atoms with Crippen molar-refractivity contribution in [2.24, 2.45) is 0 Å². The van der Waals surface area contributed by atoms with Gasteiger partial charge in [0.05, 0.1) is 5.69 Å². The minimum Gasteiger partial charge on any atom is -0.347 e. The number of nitrogens with zero attached hydrogens (tertiary/aromatic N) is 1. The molecule has 2 aromatic carbocycles. The summed E-state index contributed by atoms with van der Waals surface area (Å²) in [7, 11) is 0. The standard InChI is InChI=1S/C18H15FN2OS/c1-12-16(23-18(21-12)13-7-3-2-4-8-13)17(22)20-11-14-9-5-6-10-15(14)19/h2-10H,11H2,1H3,(H,20,22). The first-order valence-corrected chi connectivity index (χ1v) is 8.01. The molecule has 0 spiro atoms. The molecule has 23 heavy (non-hydrogen) atoms. The Morgan fingerprint density at radius 3 is 2.57 bits per heavy atom. The van der Waals surface area contributed by atoms with Crippen LogP contribution in [0.15, 0.2) is 54.6 Å². The molecular weight excluding hydrogens is 311 g/mol. The van der Waals surface area contributed by atoms with Crippen LogP contribution < -0.4 is 5.32 Å². The molecule has 3 nitrogen and oxygen atoms in total. The number of nitrogens with one attached hydrogen (secondary N) is 1. The number of benzene rings is 2. The van der Waals surface area contributed by atoms with Gasteiger partial charge in [0.15, 0.2) is 0 Å². The number of halogens is 1. The average molecular weight is 326 g/mol. The van der Waals surface area contributed by atoms with Gasteiger partial charge in [-0.2, -0.15) is 0 Å². The second kappa shape index (κ2) is 6.71. The summed E-state index contributed by atoms with van der Waals surface area (Å²) in [5.74, 6) is -0.552. The zero-order valence-corrected chi connectivity index (χ0v) is 13.4. The zero-order valence-electron chi connectivity index (χ0n) is 12.5. The van der Waals surface area contributed by atoms with E-state index in [1.807, 2.05) is 30.3 Å². The highest BCUT2D eigenvalue weighted by atomic mass is 32.1. The molecule has 116 valence electrons. The minimum absolute atomic E-state index is 0.156. The number of carbonyl (C=O) groups is 1. The van der Waals surface area contributed by atoms with Crippen LogP contribution in [0.1, 0.15) is 20.9 Å². The number of amides is 1. The van der Waals surface area contributed by atoms with Crippen molar-refractivity contribution in [2.45, 2.75) is 13.5 Å². The Hall–Kier alpha value is -2.53. The summed E-state index contributed by atoms with van der Waals surface area (Å²) in [6, 6.07) is 16.1. The predicted octanol–water partition coefficient (Wildman–Crippen LogP) is 4.19. The van der Waals surface area contributed by atoms with E-state index in [0.29, 0.717) is 16.1 Å². The molecule has 0 unspecified atom stereocenters. The number of hydrogen-bond acceptors (Lipinski definition) is 3. The summed E-state index contributed by atoms with van der Waals surface area (Å²) < 4.78 is 13.6. The molecule has 1 aromatic heterocycles. The molecule has 0 saturated carbocycles. The number of rotatable bonds is 4. The SMILES string of the molecule is Cc1nc(-c2ccccc2)sc1C(=O)NCc1ccccc1F. The Labute approximate surface area is 137 Å². The van der Waals surface area contributed by atoms with Gasteiger partial charge >= 0.3 is 0 Å². The molecule has 0 aliphatic heterocycles.